The van der Waals surface area contributed by atoms with Gasteiger partial charge in [0.05, 0.1) is 11.5 Å². The van der Waals surface area contributed by atoms with E-state index in [2.05, 4.69) is 5.32 Å². The van der Waals surface area contributed by atoms with Gasteiger partial charge in [0.2, 0.25) is 18.6 Å². The van der Waals surface area contributed by atoms with Gasteiger partial charge in [-0.2, -0.15) is 0 Å². The summed E-state index contributed by atoms with van der Waals surface area (Å²) >= 11 is 0. The zero-order valence-corrected chi connectivity index (χ0v) is 24.7. The number of aliphatic hydroxyl groups excluding tert-OH is 1. The second kappa shape index (κ2) is 16.6. The van der Waals surface area contributed by atoms with Crippen LogP contribution in [0.25, 0.3) is 0 Å². The Kier molecular flexibility index (Phi) is 13.6. The monoisotopic (exact) mass is 590 g/mol. The molecule has 3 amide bonds. The summed E-state index contributed by atoms with van der Waals surface area (Å²) < 4.78 is 16.9. The summed E-state index contributed by atoms with van der Waals surface area (Å²) in [7, 11) is 0. The van der Waals surface area contributed by atoms with E-state index in [-0.39, 0.29) is 38.3 Å². The Labute approximate surface area is 246 Å². The maximum absolute atomic E-state index is 12.4. The van der Waals surface area contributed by atoms with Crippen molar-refractivity contribution in [3.63, 3.8) is 0 Å². The molecule has 2 rings (SSSR count). The lowest BCUT2D eigenvalue weighted by Crippen LogP contribution is -2.42. The van der Waals surface area contributed by atoms with Crippen LogP contribution < -0.4 is 10.1 Å². The number of carbonyl (C=O) groups excluding carboxylic acids is 4. The van der Waals surface area contributed by atoms with Gasteiger partial charge in [-0.15, -0.1) is 0 Å². The minimum absolute atomic E-state index is 0.00267. The van der Waals surface area contributed by atoms with Gasteiger partial charge in [-0.3, -0.25) is 24.1 Å². The van der Waals surface area contributed by atoms with E-state index in [0.717, 1.165) is 16.9 Å². The number of aryl methyl sites for hydroxylation is 1. The molecule has 232 valence electrons. The van der Waals surface area contributed by atoms with Crippen LogP contribution >= 0.6 is 0 Å². The number of carboxylic acid groups (broad SMARTS) is 1. The second-order valence-corrected chi connectivity index (χ2v) is 11.1. The maximum Gasteiger partial charge on any atom is 0.333 e. The number of unbranched alkanes of at least 4 members (excludes halogenated alkanes) is 1. The number of amides is 3. The number of imide groups is 1. The zero-order valence-electron chi connectivity index (χ0n) is 24.7. The third-order valence-electron chi connectivity index (χ3n) is 6.41. The molecule has 3 atom stereocenters. The fourth-order valence-electron chi connectivity index (χ4n) is 4.06. The van der Waals surface area contributed by atoms with Gasteiger partial charge >= 0.3 is 11.9 Å². The van der Waals surface area contributed by atoms with Crippen molar-refractivity contribution in [1.82, 2.24) is 10.2 Å². The number of hydrogen-bond acceptors (Lipinski definition) is 9. The summed E-state index contributed by atoms with van der Waals surface area (Å²) in [6.45, 7) is 7.24. The van der Waals surface area contributed by atoms with Crippen LogP contribution in [-0.4, -0.2) is 76.9 Å². The lowest BCUT2D eigenvalue weighted by Gasteiger charge is -2.31. The van der Waals surface area contributed by atoms with Crippen LogP contribution in [-0.2, 0) is 46.5 Å². The number of esters is 1. The van der Waals surface area contributed by atoms with Crippen molar-refractivity contribution in [3.8, 4) is 5.75 Å². The van der Waals surface area contributed by atoms with E-state index in [1.807, 2.05) is 12.1 Å². The topological polar surface area (TPSA) is 169 Å². The van der Waals surface area contributed by atoms with Crippen molar-refractivity contribution >= 4 is 30.2 Å². The van der Waals surface area contributed by atoms with E-state index in [0.29, 0.717) is 37.1 Å². The lowest BCUT2D eigenvalue weighted by atomic mass is 9.97. The number of hydrogen-bond donors (Lipinski definition) is 3. The molecular formula is C30H42N2O10. The van der Waals surface area contributed by atoms with Crippen LogP contribution in [0.15, 0.2) is 30.4 Å². The second-order valence-electron chi connectivity index (χ2n) is 11.1. The molecule has 1 fully saturated rings. The fourth-order valence-corrected chi connectivity index (χ4v) is 4.06. The first-order valence-electron chi connectivity index (χ1n) is 14.0. The smallest absolute Gasteiger partial charge is 0.333 e. The molecular weight excluding hydrogens is 548 g/mol. The van der Waals surface area contributed by atoms with Crippen LogP contribution in [0.5, 0.6) is 5.75 Å². The summed E-state index contributed by atoms with van der Waals surface area (Å²) in [4.78, 5) is 59.6. The molecule has 1 aromatic rings. The molecule has 1 aliphatic rings. The zero-order chi connectivity index (χ0) is 31.3. The molecule has 3 unspecified atom stereocenters. The molecule has 0 spiro atoms. The lowest BCUT2D eigenvalue weighted by molar-refractivity contribution is -0.195. The van der Waals surface area contributed by atoms with Gasteiger partial charge in [-0.05, 0) is 70.7 Å². The van der Waals surface area contributed by atoms with Crippen molar-refractivity contribution in [1.29, 1.82) is 0 Å². The van der Waals surface area contributed by atoms with E-state index in [4.69, 9.17) is 14.2 Å². The van der Waals surface area contributed by atoms with Crippen molar-refractivity contribution in [3.05, 3.63) is 41.5 Å². The number of allylic oxidation sites excluding steroid dienone is 1. The molecule has 0 radical (unpaired) electrons. The minimum Gasteiger partial charge on any atom is -0.479 e. The number of carboxylic acids is 1. The van der Waals surface area contributed by atoms with Crippen molar-refractivity contribution < 1.29 is 48.4 Å². The van der Waals surface area contributed by atoms with E-state index < -0.39 is 41.8 Å². The number of aliphatic hydroxyl groups is 1. The summed E-state index contributed by atoms with van der Waals surface area (Å²) in [6, 6.07) is 5.38. The number of carbonyl (C=O) groups is 5. The number of ether oxygens (including phenoxy) is 3. The Bertz CT molecular complexity index is 1130. The summed E-state index contributed by atoms with van der Waals surface area (Å²) in [5, 5.41) is 22.2. The van der Waals surface area contributed by atoms with Gasteiger partial charge in [0.1, 0.15) is 12.4 Å². The van der Waals surface area contributed by atoms with Crippen LogP contribution in [0.1, 0.15) is 70.9 Å². The van der Waals surface area contributed by atoms with Gasteiger partial charge in [0, 0.05) is 37.9 Å². The van der Waals surface area contributed by atoms with Gasteiger partial charge in [0.25, 0.3) is 5.91 Å². The number of nitrogens with one attached hydrogen (secondary N) is 1. The molecule has 1 heterocycles. The molecule has 3 N–H and O–H groups in total. The van der Waals surface area contributed by atoms with E-state index in [1.54, 1.807) is 33.8 Å². The van der Waals surface area contributed by atoms with Crippen LogP contribution in [0.2, 0.25) is 0 Å². The van der Waals surface area contributed by atoms with Gasteiger partial charge in [-0.25, -0.2) is 4.79 Å². The van der Waals surface area contributed by atoms with Gasteiger partial charge in [0.15, 0.2) is 6.10 Å². The van der Waals surface area contributed by atoms with E-state index >= 15 is 0 Å². The molecule has 12 nitrogen and oxygen atoms in total. The summed E-state index contributed by atoms with van der Waals surface area (Å²) in [5.41, 5.74) is 0.802. The van der Waals surface area contributed by atoms with Crippen molar-refractivity contribution in [2.45, 2.75) is 91.3 Å². The highest BCUT2D eigenvalue weighted by atomic mass is 16.7. The molecule has 12 heteroatoms. The minimum atomic E-state index is -1.19. The molecule has 42 heavy (non-hydrogen) atoms. The van der Waals surface area contributed by atoms with E-state index in [1.165, 1.54) is 12.2 Å². The molecule has 1 aromatic carbocycles. The third kappa shape index (κ3) is 11.6. The van der Waals surface area contributed by atoms with Gasteiger partial charge < -0.3 is 29.7 Å². The highest BCUT2D eigenvalue weighted by Gasteiger charge is 2.34. The number of benzene rings is 1. The average molecular weight is 591 g/mol. The average Bonchev–Trinajstić information content (AvgIpc) is 2.92. The number of aliphatic carboxylic acids is 1. The first-order chi connectivity index (χ1) is 19.8. The SMILES string of the molecule is C/C=C\C(=O)N(C=O)CCC(=O)NCCCCc1ccc(OC2CC(O)CC(C(=O)O)O2)c(COC(=O)C(C)(C)C)c1. The maximum atomic E-state index is 12.4. The third-order valence-corrected chi connectivity index (χ3v) is 6.41. The normalized spacial score (nSPS) is 18.7. The number of nitrogens with zero attached hydrogens (tertiary/aromatic N) is 1. The molecule has 0 aromatic heterocycles. The van der Waals surface area contributed by atoms with Gasteiger partial charge in [-0.1, -0.05) is 12.1 Å². The van der Waals surface area contributed by atoms with Crippen LogP contribution in [0.3, 0.4) is 0 Å². The molecule has 0 saturated carbocycles. The Morgan fingerprint density at radius 1 is 1.17 bits per heavy atom. The molecule has 0 aliphatic carbocycles. The van der Waals surface area contributed by atoms with Crippen molar-refractivity contribution in [2.24, 2.45) is 5.41 Å². The Hall–Kier alpha value is -3.77. The quantitative estimate of drug-likeness (QED) is 0.119. The highest BCUT2D eigenvalue weighted by Crippen LogP contribution is 2.28. The number of rotatable bonds is 15. The van der Waals surface area contributed by atoms with Crippen molar-refractivity contribution in [2.75, 3.05) is 13.1 Å². The fraction of sp³-hybridized carbons (Fsp3) is 0.567. The van der Waals surface area contributed by atoms with Crippen LogP contribution in [0.4, 0.5) is 0 Å². The molecule has 1 aliphatic heterocycles. The summed E-state index contributed by atoms with van der Waals surface area (Å²) in [5.74, 6) is -1.96. The first kappa shape index (κ1) is 34.4. The molecule has 1 saturated heterocycles. The molecule has 0 bridgehead atoms. The summed E-state index contributed by atoms with van der Waals surface area (Å²) in [6.07, 6.45) is 2.27. The predicted molar refractivity (Wildman–Crippen MR) is 151 cm³/mol. The largest absolute Gasteiger partial charge is 0.479 e. The highest BCUT2D eigenvalue weighted by molar-refractivity contribution is 5.94. The predicted octanol–water partition coefficient (Wildman–Crippen LogP) is 2.50. The Morgan fingerprint density at radius 2 is 1.90 bits per heavy atom. The first-order valence-corrected chi connectivity index (χ1v) is 14.0. The standard InChI is InChI=1S/C30H42N2O10/c1-5-8-26(36)32(19-33)14-12-25(35)31-13-7-6-9-20-10-11-23(21(15-20)18-40-29(39)30(2,3)4)41-27-17-22(34)16-24(42-27)28(37)38/h5,8,10-11,15,19,22,24,27,34H,6-7,9,12-14,16-18H2,1-4H3,(H,31,35)(H,37,38)/b8-5-. The Morgan fingerprint density at radius 3 is 2.55 bits per heavy atom. The van der Waals surface area contributed by atoms with E-state index in [9.17, 15) is 34.2 Å². The Balaban J connectivity index is 1.95. The van der Waals surface area contributed by atoms with Crippen LogP contribution in [0, 0.1) is 5.41 Å².